The third kappa shape index (κ3) is 9.02. The number of rotatable bonds is 8. The first kappa shape index (κ1) is 31.1. The van der Waals surface area contributed by atoms with Gasteiger partial charge in [0.15, 0.2) is 4.90 Å². The Morgan fingerprint density at radius 3 is 2.51 bits per heavy atom. The molecule has 0 saturated carbocycles. The highest BCUT2D eigenvalue weighted by Crippen LogP contribution is 2.34. The fraction of sp³-hybridized carbons (Fsp3) is 0.481. The van der Waals surface area contributed by atoms with Gasteiger partial charge in [-0.3, -0.25) is 9.69 Å². The average Bonchev–Trinajstić information content (AvgIpc) is 3.26. The molecule has 1 aliphatic heterocycles. The van der Waals surface area contributed by atoms with Crippen molar-refractivity contribution in [2.45, 2.75) is 69.9 Å². The molecular weight excluding hydrogens is 555 g/mol. The minimum absolute atomic E-state index is 0.0119. The predicted octanol–water partition coefficient (Wildman–Crippen LogP) is 5.52. The molecule has 1 saturated heterocycles. The lowest BCUT2D eigenvalue weighted by molar-refractivity contribution is -0.138. The van der Waals surface area contributed by atoms with Gasteiger partial charge < -0.3 is 19.9 Å². The van der Waals surface area contributed by atoms with E-state index in [9.17, 15) is 27.3 Å². The van der Waals surface area contributed by atoms with Gasteiger partial charge in [-0.05, 0) is 81.2 Å². The number of ether oxygens (including phenoxy) is 1. The fourth-order valence-electron chi connectivity index (χ4n) is 4.27. The number of carbonyl (C=O) groups is 2. The number of benzene rings is 2. The second-order valence-corrected chi connectivity index (χ2v) is 12.5. The van der Waals surface area contributed by atoms with Crippen LogP contribution in [0.15, 0.2) is 41.3 Å². The highest BCUT2D eigenvalue weighted by Gasteiger charge is 2.35. The van der Waals surface area contributed by atoms with Crippen LogP contribution >= 0.6 is 11.6 Å². The van der Waals surface area contributed by atoms with Gasteiger partial charge in [0.2, 0.25) is 0 Å². The number of nitrogens with one attached hydrogen (secondary N) is 2. The van der Waals surface area contributed by atoms with Crippen LogP contribution in [0, 0.1) is 0 Å². The van der Waals surface area contributed by atoms with Crippen LogP contribution in [0.3, 0.4) is 0 Å². The van der Waals surface area contributed by atoms with Crippen molar-refractivity contribution in [2.24, 2.45) is 0 Å². The zero-order valence-corrected chi connectivity index (χ0v) is 23.9. The van der Waals surface area contributed by atoms with Crippen LogP contribution in [0.4, 0.5) is 18.0 Å². The van der Waals surface area contributed by atoms with Crippen molar-refractivity contribution in [3.8, 4) is 0 Å². The highest BCUT2D eigenvalue weighted by atomic mass is 35.5. The number of alkyl carbamates (subject to hydrolysis) is 1. The van der Waals surface area contributed by atoms with Gasteiger partial charge in [-0.25, -0.2) is 4.79 Å². The number of amides is 2. The van der Waals surface area contributed by atoms with E-state index < -0.39 is 40.5 Å². The largest absolute Gasteiger partial charge is 0.611 e. The summed E-state index contributed by atoms with van der Waals surface area (Å²) >= 11 is 4.75. The molecule has 214 valence electrons. The van der Waals surface area contributed by atoms with Crippen LogP contribution in [-0.4, -0.2) is 51.9 Å². The molecule has 0 spiro atoms. The Kier molecular flexibility index (Phi) is 10.2. The Balaban J connectivity index is 1.69. The Morgan fingerprint density at radius 2 is 1.87 bits per heavy atom. The van der Waals surface area contributed by atoms with Crippen LogP contribution in [0.2, 0.25) is 5.02 Å². The van der Waals surface area contributed by atoms with Crippen molar-refractivity contribution in [3.63, 3.8) is 0 Å². The summed E-state index contributed by atoms with van der Waals surface area (Å²) in [6, 6.07) is 8.07. The topological polar surface area (TPSA) is 93.7 Å². The molecule has 0 radical (unpaired) electrons. The molecule has 12 heteroatoms. The summed E-state index contributed by atoms with van der Waals surface area (Å²) in [6.07, 6.45) is -4.65. The second-order valence-electron chi connectivity index (χ2n) is 10.3. The molecule has 2 atom stereocenters. The van der Waals surface area contributed by atoms with Crippen LogP contribution < -0.4 is 10.6 Å². The van der Waals surface area contributed by atoms with E-state index in [4.69, 9.17) is 16.3 Å². The number of carbonyl (C=O) groups excluding carboxylic acids is 2. The summed E-state index contributed by atoms with van der Waals surface area (Å²) in [5, 5.41) is 5.77. The van der Waals surface area contributed by atoms with E-state index in [0.29, 0.717) is 40.7 Å². The molecule has 2 amide bonds. The van der Waals surface area contributed by atoms with E-state index in [1.165, 1.54) is 12.1 Å². The molecule has 0 bridgehead atoms. The zero-order valence-electron chi connectivity index (χ0n) is 22.3. The molecule has 2 aromatic rings. The minimum Gasteiger partial charge on any atom is -0.611 e. The highest BCUT2D eigenvalue weighted by molar-refractivity contribution is 7.91. The molecule has 0 aromatic heterocycles. The monoisotopic (exact) mass is 587 g/mol. The number of likely N-dealkylation sites (tertiary alicyclic amines) is 1. The van der Waals surface area contributed by atoms with Gasteiger partial charge in [-0.1, -0.05) is 17.7 Å². The summed E-state index contributed by atoms with van der Waals surface area (Å²) in [5.74, 6) is -0.323. The maximum atomic E-state index is 14.0. The standard InChI is InChI=1S/C27H33ClF3N3O4S/c1-5-39(37)23-9-8-20(28)12-19(23)14-32-24(35)17-6-7-18(22(13-17)27(29,30)31)15-34-11-10-21(16-34)33-25(36)38-26(2,3)4/h6-9,12-13,21H,5,10-11,14-16H2,1-4H3,(H,32,35)(H,33,36)/t21-,39?/m1/s1. The van der Waals surface area contributed by atoms with Crippen molar-refractivity contribution in [2.75, 3.05) is 18.8 Å². The van der Waals surface area contributed by atoms with Crippen LogP contribution in [-0.2, 0) is 35.2 Å². The molecule has 1 heterocycles. The lowest BCUT2D eigenvalue weighted by Crippen LogP contribution is -2.40. The van der Waals surface area contributed by atoms with Gasteiger partial charge in [0.05, 0.1) is 5.56 Å². The predicted molar refractivity (Wildman–Crippen MR) is 144 cm³/mol. The van der Waals surface area contributed by atoms with Crippen molar-refractivity contribution >= 4 is 34.8 Å². The maximum Gasteiger partial charge on any atom is 0.416 e. The first-order valence-electron chi connectivity index (χ1n) is 12.5. The van der Waals surface area contributed by atoms with E-state index >= 15 is 0 Å². The Labute approximate surface area is 234 Å². The Morgan fingerprint density at radius 1 is 1.15 bits per heavy atom. The van der Waals surface area contributed by atoms with E-state index in [2.05, 4.69) is 10.6 Å². The summed E-state index contributed by atoms with van der Waals surface area (Å²) < 4.78 is 59.5. The molecule has 2 aromatic carbocycles. The molecule has 1 aliphatic rings. The molecule has 2 N–H and O–H groups in total. The van der Waals surface area contributed by atoms with Gasteiger partial charge in [0.25, 0.3) is 5.91 Å². The Bertz CT molecular complexity index is 1190. The fourth-order valence-corrected chi connectivity index (χ4v) is 5.42. The van der Waals surface area contributed by atoms with Gasteiger partial charge in [-0.2, -0.15) is 13.2 Å². The summed E-state index contributed by atoms with van der Waals surface area (Å²) in [4.78, 5) is 27.2. The average molecular weight is 588 g/mol. The SMILES string of the molecule is CC[S+]([O-])c1ccc(Cl)cc1CNC(=O)c1ccc(CN2CC[C@@H](NC(=O)OC(C)(C)C)C2)c(C(F)(F)F)c1. The molecule has 0 aliphatic carbocycles. The van der Waals surface area contributed by atoms with Gasteiger partial charge in [-0.15, -0.1) is 0 Å². The van der Waals surface area contributed by atoms with E-state index in [-0.39, 0.29) is 30.3 Å². The van der Waals surface area contributed by atoms with Gasteiger partial charge in [0.1, 0.15) is 11.4 Å². The maximum absolute atomic E-state index is 14.0. The van der Waals surface area contributed by atoms with Crippen LogP contribution in [0.1, 0.15) is 61.2 Å². The third-order valence-electron chi connectivity index (χ3n) is 6.03. The first-order chi connectivity index (χ1) is 18.2. The van der Waals surface area contributed by atoms with Crippen LogP contribution in [0.25, 0.3) is 0 Å². The molecule has 1 fully saturated rings. The van der Waals surface area contributed by atoms with E-state index in [1.807, 2.05) is 4.90 Å². The zero-order chi connectivity index (χ0) is 29.0. The number of alkyl halides is 3. The smallest absolute Gasteiger partial charge is 0.416 e. The molecule has 39 heavy (non-hydrogen) atoms. The summed E-state index contributed by atoms with van der Waals surface area (Å²) in [6.45, 7) is 7.85. The molecule has 1 unspecified atom stereocenters. The normalized spacial score (nSPS) is 17.1. The number of halogens is 4. The van der Waals surface area contributed by atoms with Crippen LogP contribution in [0.5, 0.6) is 0 Å². The Hall–Kier alpha value is -2.47. The molecule has 3 rings (SSSR count). The van der Waals surface area contributed by atoms with Crippen molar-refractivity contribution < 1.29 is 32.0 Å². The number of hydrogen-bond acceptors (Lipinski definition) is 5. The van der Waals surface area contributed by atoms with Crippen molar-refractivity contribution in [1.82, 2.24) is 15.5 Å². The van der Waals surface area contributed by atoms with Gasteiger partial charge >= 0.3 is 12.3 Å². The lowest BCUT2D eigenvalue weighted by Gasteiger charge is -2.22. The van der Waals surface area contributed by atoms with E-state index in [0.717, 1.165) is 6.07 Å². The second kappa shape index (κ2) is 12.8. The minimum atomic E-state index is -4.67. The third-order valence-corrected chi connectivity index (χ3v) is 7.68. The quantitative estimate of drug-likeness (QED) is 0.397. The number of nitrogens with zero attached hydrogens (tertiary/aromatic N) is 1. The first-order valence-corrected chi connectivity index (χ1v) is 14.2. The van der Waals surface area contributed by atoms with Crippen molar-refractivity contribution in [1.29, 1.82) is 0 Å². The summed E-state index contributed by atoms with van der Waals surface area (Å²) in [5.41, 5.74) is -1.12. The summed E-state index contributed by atoms with van der Waals surface area (Å²) in [7, 11) is 0. The lowest BCUT2D eigenvalue weighted by atomic mass is 10.0. The van der Waals surface area contributed by atoms with Crippen molar-refractivity contribution in [3.05, 3.63) is 63.7 Å². The van der Waals surface area contributed by atoms with Gasteiger partial charge in [0, 0.05) is 48.4 Å². The molecular formula is C27H33ClF3N3O4S. The number of hydrogen-bond donors (Lipinski definition) is 2. The molecule has 7 nitrogen and oxygen atoms in total. The van der Waals surface area contributed by atoms with E-state index in [1.54, 1.807) is 45.9 Å².